The van der Waals surface area contributed by atoms with Crippen LogP contribution < -0.4 is 61.9 Å². The first kappa shape index (κ1) is 75.2. The van der Waals surface area contributed by atoms with Crippen molar-refractivity contribution in [3.8, 4) is 89.8 Å². The summed E-state index contributed by atoms with van der Waals surface area (Å²) in [6, 6.07) is 146. The number of fused-ring (bicyclic) bond motifs is 9. The van der Waals surface area contributed by atoms with Gasteiger partial charge in [0.1, 0.15) is 23.0 Å². The quantitative estimate of drug-likeness (QED) is 0.101. The number of para-hydroxylation sites is 4. The Balaban J connectivity index is 0.933. The predicted octanol–water partition coefficient (Wildman–Crippen LogP) is 27.3. The zero-order valence-corrected chi connectivity index (χ0v) is 70.3. The van der Waals surface area contributed by atoms with Gasteiger partial charge in [-0.25, -0.2) is 0 Å². The van der Waals surface area contributed by atoms with E-state index >= 15 is 0 Å². The third-order valence-electron chi connectivity index (χ3n) is 25.1. The molecule has 0 unspecified atom stereocenters. The summed E-state index contributed by atoms with van der Waals surface area (Å²) in [6.45, 7) is 20.4. The summed E-state index contributed by atoms with van der Waals surface area (Å²) >= 11 is 0. The highest BCUT2D eigenvalue weighted by atomic mass is 16.5. The van der Waals surface area contributed by atoms with Crippen LogP contribution in [0.2, 0.25) is 0 Å². The molecule has 0 radical (unpaired) electrons. The van der Waals surface area contributed by atoms with Crippen molar-refractivity contribution in [1.29, 1.82) is 0 Å². The zero-order valence-electron chi connectivity index (χ0n) is 70.3. The molecule has 0 amide bonds. The molecule has 0 N–H and O–H groups in total. The largest absolute Gasteiger partial charge is 0.458 e. The average Bonchev–Trinajstić information content (AvgIpc) is 0.672. The second kappa shape index (κ2) is 29.9. The number of hydrogen-bond donors (Lipinski definition) is 0. The Hall–Kier alpha value is -14.3. The van der Waals surface area contributed by atoms with Crippen molar-refractivity contribution in [2.45, 2.75) is 78.6 Å². The van der Waals surface area contributed by atoms with Crippen LogP contribution in [-0.4, -0.2) is 13.4 Å². The van der Waals surface area contributed by atoms with Gasteiger partial charge in [0.05, 0.1) is 17.1 Å². The fourth-order valence-electron chi connectivity index (χ4n) is 19.0. The summed E-state index contributed by atoms with van der Waals surface area (Å²) in [4.78, 5) is 10.1. The highest BCUT2D eigenvalue weighted by molar-refractivity contribution is 7.02. The summed E-state index contributed by atoms with van der Waals surface area (Å²) < 4.78 is 16.5. The lowest BCUT2D eigenvalue weighted by Crippen LogP contribution is -2.63. The summed E-state index contributed by atoms with van der Waals surface area (Å²) in [6.07, 6.45) is 0. The van der Waals surface area contributed by atoms with Gasteiger partial charge in [-0.3, -0.25) is 0 Å². The van der Waals surface area contributed by atoms with E-state index in [2.05, 4.69) is 476 Å². The third kappa shape index (κ3) is 13.2. The third-order valence-corrected chi connectivity index (χ3v) is 25.1. The van der Waals surface area contributed by atoms with Gasteiger partial charge in [0, 0.05) is 91.0 Å². The summed E-state index contributed by atoms with van der Waals surface area (Å²) in [5, 5.41) is 0. The van der Waals surface area contributed by atoms with Gasteiger partial charge in [0.2, 0.25) is 0 Å². The van der Waals surface area contributed by atoms with Crippen LogP contribution in [-0.2, 0) is 16.2 Å². The molecule has 0 atom stereocenters. The Morgan fingerprint density at radius 1 is 0.221 bits per heavy atom. The molecular formula is C114H92B2N4O2. The lowest BCUT2D eigenvalue weighted by atomic mass is 9.31. The van der Waals surface area contributed by atoms with Crippen molar-refractivity contribution in [3.63, 3.8) is 0 Å². The molecule has 8 heteroatoms. The van der Waals surface area contributed by atoms with Gasteiger partial charge in [-0.05, 0) is 214 Å². The Labute approximate surface area is 718 Å². The summed E-state index contributed by atoms with van der Waals surface area (Å²) in [7, 11) is 0. The standard InChI is InChI=1S/C114H92B2N4O2/c1-112(2,3)83-66-92(78-39-21-11-22-40-78)108(93(67-83)79-41-23-12-24-42-79)119-100-64-59-82(77-57-55-76(56-58-77)75-37-19-10-20-38-75)65-98(100)116-99-74-105-107-111(110(99)120(102-71-85(114(7,8)9)70-101(119)106(102)116)109-94(80-43-25-13-26-44-80)68-84(113(4,5)6)69-95(109)81-45-27-14-28-46-81)122-104-73-91(118(88-51-33-17-34-52-88)89-53-35-18-36-54-89)61-63-97(104)115(107)96-62-60-90(72-103(96)121-105)117(86-47-29-15-30-48-86)87-49-31-16-32-50-87/h10-74H,1-9H3. The van der Waals surface area contributed by atoms with Crippen molar-refractivity contribution in [3.05, 3.63) is 411 Å². The molecule has 21 rings (SSSR count). The van der Waals surface area contributed by atoms with E-state index in [1.54, 1.807) is 0 Å². The second-order valence-corrected chi connectivity index (χ2v) is 36.0. The molecule has 0 saturated heterocycles. The first-order chi connectivity index (χ1) is 59.4. The van der Waals surface area contributed by atoms with Crippen LogP contribution in [0.3, 0.4) is 0 Å². The molecule has 0 spiro atoms. The Bertz CT molecular complexity index is 6640. The molecular weight excluding hydrogens is 1480 g/mol. The van der Waals surface area contributed by atoms with Gasteiger partial charge in [0.25, 0.3) is 13.4 Å². The summed E-state index contributed by atoms with van der Waals surface area (Å²) in [5.74, 6) is 3.00. The van der Waals surface area contributed by atoms with E-state index in [1.165, 1.54) is 22.3 Å². The predicted molar refractivity (Wildman–Crippen MR) is 516 cm³/mol. The molecule has 0 bridgehead atoms. The van der Waals surface area contributed by atoms with Crippen LogP contribution in [0, 0.1) is 0 Å². The molecule has 122 heavy (non-hydrogen) atoms. The van der Waals surface area contributed by atoms with Gasteiger partial charge in [-0.1, -0.05) is 335 Å². The fourth-order valence-corrected chi connectivity index (χ4v) is 19.0. The number of rotatable bonds is 14. The van der Waals surface area contributed by atoms with E-state index in [9.17, 15) is 0 Å². The molecule has 4 aliphatic rings. The zero-order chi connectivity index (χ0) is 82.7. The lowest BCUT2D eigenvalue weighted by molar-refractivity contribution is 0.466. The second-order valence-electron chi connectivity index (χ2n) is 36.0. The lowest BCUT2D eigenvalue weighted by Gasteiger charge is -2.48. The molecule has 6 nitrogen and oxygen atoms in total. The van der Waals surface area contributed by atoms with Crippen molar-refractivity contribution in [2.75, 3.05) is 19.6 Å². The summed E-state index contributed by atoms with van der Waals surface area (Å²) in [5.41, 5.74) is 35.0. The number of ether oxygens (including phenoxy) is 2. The maximum absolute atomic E-state index is 8.47. The SMILES string of the molecule is CC(C)(C)c1cc(-c2ccccc2)c(N2c3ccc(-c4ccc(-c5ccccc5)cc4)cc3B3c4cc5c6c(c4N(c4c(-c7ccccc7)cc(C(C)(C)C)cc4-c4ccccc4)c4cc(C(C)(C)C)cc2c43)Oc2cc(N(c3ccccc3)c3ccccc3)ccc2B6c2ccc(N(c3ccccc3)c3ccccc3)cc2O5)c(-c2ccccc2)c1. The molecule has 0 aliphatic carbocycles. The molecule has 4 aliphatic heterocycles. The molecule has 0 saturated carbocycles. The Morgan fingerprint density at radius 3 is 0.934 bits per heavy atom. The minimum atomic E-state index is -0.468. The van der Waals surface area contributed by atoms with Crippen LogP contribution in [0.15, 0.2) is 394 Å². The van der Waals surface area contributed by atoms with Crippen molar-refractivity contribution in [2.24, 2.45) is 0 Å². The number of nitrogens with zero attached hydrogens (tertiary/aromatic N) is 4. The fraction of sp³-hybridized carbons (Fsp3) is 0.105. The molecule has 0 aromatic heterocycles. The Kier molecular flexibility index (Phi) is 18.4. The van der Waals surface area contributed by atoms with Crippen LogP contribution in [0.1, 0.15) is 79.0 Å². The van der Waals surface area contributed by atoms with Crippen molar-refractivity contribution >= 4 is 114 Å². The van der Waals surface area contributed by atoms with Gasteiger partial charge >= 0.3 is 0 Å². The van der Waals surface area contributed by atoms with E-state index in [1.807, 2.05) is 0 Å². The normalized spacial score (nSPS) is 12.9. The van der Waals surface area contributed by atoms with Crippen LogP contribution >= 0.6 is 0 Å². The first-order valence-corrected chi connectivity index (χ1v) is 42.8. The van der Waals surface area contributed by atoms with E-state index in [0.717, 1.165) is 185 Å². The average molecular weight is 1570 g/mol. The van der Waals surface area contributed by atoms with Crippen LogP contribution in [0.4, 0.5) is 68.2 Å². The van der Waals surface area contributed by atoms with Crippen LogP contribution in [0.5, 0.6) is 23.0 Å². The molecule has 17 aromatic carbocycles. The smallest absolute Gasteiger partial charge is 0.260 e. The topological polar surface area (TPSA) is 31.4 Å². The highest BCUT2D eigenvalue weighted by Gasteiger charge is 2.52. The molecule has 17 aromatic rings. The maximum Gasteiger partial charge on any atom is 0.260 e. The Morgan fingerprint density at radius 2 is 0.541 bits per heavy atom. The molecule has 0 fully saturated rings. The minimum Gasteiger partial charge on any atom is -0.458 e. The molecule has 586 valence electrons. The number of benzene rings is 17. The van der Waals surface area contributed by atoms with Gasteiger partial charge in [-0.15, -0.1) is 0 Å². The van der Waals surface area contributed by atoms with E-state index in [4.69, 9.17) is 9.47 Å². The minimum absolute atomic E-state index is 0.231. The van der Waals surface area contributed by atoms with Gasteiger partial charge < -0.3 is 29.1 Å². The van der Waals surface area contributed by atoms with E-state index in [0.29, 0.717) is 0 Å². The van der Waals surface area contributed by atoms with Crippen LogP contribution in [0.25, 0.3) is 66.8 Å². The molecule has 4 heterocycles. The first-order valence-electron chi connectivity index (χ1n) is 42.8. The number of anilines is 12. The maximum atomic E-state index is 8.47. The monoisotopic (exact) mass is 1570 g/mol. The van der Waals surface area contributed by atoms with Crippen molar-refractivity contribution < 1.29 is 9.47 Å². The van der Waals surface area contributed by atoms with E-state index in [-0.39, 0.29) is 10.8 Å². The highest BCUT2D eigenvalue weighted by Crippen LogP contribution is 2.58. The van der Waals surface area contributed by atoms with Gasteiger partial charge in [-0.2, -0.15) is 0 Å². The van der Waals surface area contributed by atoms with Gasteiger partial charge in [0.15, 0.2) is 0 Å². The van der Waals surface area contributed by atoms with Crippen molar-refractivity contribution in [1.82, 2.24) is 0 Å². The van der Waals surface area contributed by atoms with E-state index < -0.39 is 18.8 Å². The number of hydrogen-bond acceptors (Lipinski definition) is 6.